The molecule has 1 fully saturated rings. The second-order valence-corrected chi connectivity index (χ2v) is 7.32. The molecule has 1 amide bonds. The van der Waals surface area contributed by atoms with E-state index in [0.29, 0.717) is 37.4 Å². The van der Waals surface area contributed by atoms with E-state index in [2.05, 4.69) is 24.7 Å². The number of rotatable bonds is 6. The molecule has 0 bridgehead atoms. The van der Waals surface area contributed by atoms with Crippen molar-refractivity contribution in [1.82, 2.24) is 14.9 Å². The van der Waals surface area contributed by atoms with Gasteiger partial charge in [-0.15, -0.1) is 8.78 Å². The molecule has 0 spiro atoms. The fourth-order valence-corrected chi connectivity index (χ4v) is 3.49. The SMILES string of the molecule is NC(=O)c1ccc(-c2ccnn2N2CCN(c3ccc(OC(F)(F)Cl)cc3)CC2)nc1. The highest BCUT2D eigenvalue weighted by atomic mass is 35.5. The Morgan fingerprint density at radius 2 is 1.77 bits per heavy atom. The van der Waals surface area contributed by atoms with E-state index < -0.39 is 11.5 Å². The molecule has 8 nitrogen and oxygen atoms in total. The van der Waals surface area contributed by atoms with Gasteiger partial charge in [0.1, 0.15) is 11.4 Å². The molecule has 0 saturated carbocycles. The average Bonchev–Trinajstić information content (AvgIpc) is 3.23. The van der Waals surface area contributed by atoms with Crippen molar-refractivity contribution in [2.24, 2.45) is 5.73 Å². The van der Waals surface area contributed by atoms with Gasteiger partial charge in [-0.05, 0) is 42.5 Å². The van der Waals surface area contributed by atoms with Crippen LogP contribution in [0, 0.1) is 0 Å². The molecule has 3 heterocycles. The molecule has 1 saturated heterocycles. The molecule has 1 aliphatic rings. The number of carbonyl (C=O) groups is 1. The molecule has 162 valence electrons. The van der Waals surface area contributed by atoms with Crippen LogP contribution in [0.4, 0.5) is 14.5 Å². The summed E-state index contributed by atoms with van der Waals surface area (Å²) in [6.45, 7) is 2.79. The van der Waals surface area contributed by atoms with Crippen molar-refractivity contribution in [1.29, 1.82) is 0 Å². The highest BCUT2D eigenvalue weighted by Crippen LogP contribution is 2.27. The maximum Gasteiger partial charge on any atom is 0.487 e. The zero-order valence-corrected chi connectivity index (χ0v) is 17.0. The molecule has 0 atom stereocenters. The van der Waals surface area contributed by atoms with Gasteiger partial charge in [-0.3, -0.25) is 14.8 Å². The van der Waals surface area contributed by atoms with E-state index in [0.717, 1.165) is 11.4 Å². The van der Waals surface area contributed by atoms with Gasteiger partial charge in [0.15, 0.2) is 0 Å². The quantitative estimate of drug-likeness (QED) is 0.583. The molecule has 3 aromatic rings. The van der Waals surface area contributed by atoms with Crippen LogP contribution in [0.1, 0.15) is 10.4 Å². The number of hydrogen-bond donors (Lipinski definition) is 1. The van der Waals surface area contributed by atoms with Gasteiger partial charge in [-0.25, -0.2) is 0 Å². The lowest BCUT2D eigenvalue weighted by Crippen LogP contribution is -2.51. The van der Waals surface area contributed by atoms with E-state index in [1.54, 1.807) is 35.3 Å². The first-order valence-electron chi connectivity index (χ1n) is 9.46. The van der Waals surface area contributed by atoms with Gasteiger partial charge in [0, 0.05) is 36.6 Å². The molecule has 2 aromatic heterocycles. The number of carbonyl (C=O) groups excluding carboxylic acids is 1. The second kappa shape index (κ2) is 8.38. The molecule has 11 heteroatoms. The Labute approximate surface area is 181 Å². The van der Waals surface area contributed by atoms with Crippen LogP contribution < -0.4 is 20.4 Å². The fourth-order valence-electron chi connectivity index (χ4n) is 3.40. The van der Waals surface area contributed by atoms with Gasteiger partial charge in [0.25, 0.3) is 0 Å². The van der Waals surface area contributed by atoms with Crippen LogP contribution in [0.2, 0.25) is 0 Å². The molecule has 1 aromatic carbocycles. The van der Waals surface area contributed by atoms with Crippen molar-refractivity contribution in [2.75, 3.05) is 36.1 Å². The van der Waals surface area contributed by atoms with Gasteiger partial charge in [0.05, 0.1) is 30.5 Å². The highest BCUT2D eigenvalue weighted by molar-refractivity contribution is 6.20. The Bertz CT molecular complexity index is 1040. The Morgan fingerprint density at radius 3 is 2.35 bits per heavy atom. The van der Waals surface area contributed by atoms with Crippen molar-refractivity contribution in [3.8, 4) is 17.1 Å². The first-order chi connectivity index (χ1) is 14.8. The van der Waals surface area contributed by atoms with Crippen molar-refractivity contribution in [3.05, 3.63) is 60.4 Å². The standard InChI is InChI=1S/C20H19ClF2N6O2/c21-20(22,23)31-16-4-2-15(3-5-16)27-9-11-28(12-10-27)29-18(7-8-26-29)17-6-1-14(13-25-17)19(24)30/h1-8,13H,9-12H2,(H2,24,30). The van der Waals surface area contributed by atoms with Gasteiger partial charge < -0.3 is 15.4 Å². The summed E-state index contributed by atoms with van der Waals surface area (Å²) >= 11 is 4.79. The number of nitrogens with zero attached hydrogens (tertiary/aromatic N) is 5. The van der Waals surface area contributed by atoms with Crippen molar-refractivity contribution < 1.29 is 18.3 Å². The summed E-state index contributed by atoms with van der Waals surface area (Å²) in [7, 11) is 0. The van der Waals surface area contributed by atoms with E-state index in [1.807, 2.05) is 6.07 Å². The number of anilines is 1. The number of ether oxygens (including phenoxy) is 1. The van der Waals surface area contributed by atoms with Gasteiger partial charge in [0.2, 0.25) is 5.91 Å². The number of primary amides is 1. The van der Waals surface area contributed by atoms with E-state index in [4.69, 9.17) is 17.3 Å². The monoisotopic (exact) mass is 448 g/mol. The number of alkyl halides is 3. The topological polar surface area (TPSA) is 89.5 Å². The third-order valence-electron chi connectivity index (χ3n) is 4.89. The normalized spacial score (nSPS) is 14.5. The molecular weight excluding hydrogens is 430 g/mol. The minimum atomic E-state index is -3.73. The van der Waals surface area contributed by atoms with Crippen LogP contribution >= 0.6 is 11.6 Å². The lowest BCUT2D eigenvalue weighted by molar-refractivity contribution is -0.0964. The van der Waals surface area contributed by atoms with E-state index in [9.17, 15) is 13.6 Å². The molecule has 0 radical (unpaired) electrons. The van der Waals surface area contributed by atoms with E-state index in [1.165, 1.54) is 18.3 Å². The van der Waals surface area contributed by atoms with Crippen LogP contribution in [0.15, 0.2) is 54.9 Å². The number of aromatic nitrogens is 3. The zero-order chi connectivity index (χ0) is 22.0. The average molecular weight is 449 g/mol. The highest BCUT2D eigenvalue weighted by Gasteiger charge is 2.27. The summed E-state index contributed by atoms with van der Waals surface area (Å²) in [5.41, 5.74) is 4.25. The molecular formula is C20H19ClF2N6O2. The molecule has 31 heavy (non-hydrogen) atoms. The minimum absolute atomic E-state index is 0.00146. The third-order valence-corrected chi connectivity index (χ3v) is 4.97. The van der Waals surface area contributed by atoms with Crippen LogP contribution in [-0.2, 0) is 0 Å². The van der Waals surface area contributed by atoms with E-state index in [-0.39, 0.29) is 5.75 Å². The summed E-state index contributed by atoms with van der Waals surface area (Å²) in [5.74, 6) is -0.530. The largest absolute Gasteiger partial charge is 0.487 e. The number of benzene rings is 1. The molecule has 4 rings (SSSR count). The minimum Gasteiger partial charge on any atom is -0.420 e. The second-order valence-electron chi connectivity index (χ2n) is 6.88. The summed E-state index contributed by atoms with van der Waals surface area (Å²) in [4.78, 5) is 19.5. The van der Waals surface area contributed by atoms with Crippen LogP contribution in [0.3, 0.4) is 0 Å². The number of nitrogens with two attached hydrogens (primary N) is 1. The Hall–Kier alpha value is -3.40. The zero-order valence-electron chi connectivity index (χ0n) is 16.3. The Balaban J connectivity index is 1.42. The summed E-state index contributed by atoms with van der Waals surface area (Å²) in [6.07, 6.45) is 3.14. The van der Waals surface area contributed by atoms with Crippen molar-refractivity contribution in [3.63, 3.8) is 0 Å². The van der Waals surface area contributed by atoms with Crippen LogP contribution in [0.5, 0.6) is 5.75 Å². The molecule has 0 unspecified atom stereocenters. The lowest BCUT2D eigenvalue weighted by atomic mass is 10.2. The maximum atomic E-state index is 12.7. The summed E-state index contributed by atoms with van der Waals surface area (Å²) in [6, 6.07) is 11.6. The molecule has 2 N–H and O–H groups in total. The summed E-state index contributed by atoms with van der Waals surface area (Å²) < 4.78 is 29.8. The predicted octanol–water partition coefficient (Wildman–Crippen LogP) is 2.67. The number of piperazine rings is 1. The van der Waals surface area contributed by atoms with E-state index >= 15 is 0 Å². The van der Waals surface area contributed by atoms with Gasteiger partial charge >= 0.3 is 5.57 Å². The lowest BCUT2D eigenvalue weighted by Gasteiger charge is -2.37. The van der Waals surface area contributed by atoms with Crippen LogP contribution in [-0.4, -0.2) is 52.5 Å². The number of halogens is 3. The van der Waals surface area contributed by atoms with Crippen molar-refractivity contribution >= 4 is 23.2 Å². The maximum absolute atomic E-state index is 12.7. The van der Waals surface area contributed by atoms with Gasteiger partial charge in [-0.1, -0.05) is 0 Å². The third kappa shape index (κ3) is 4.85. The Morgan fingerprint density at radius 1 is 1.06 bits per heavy atom. The predicted molar refractivity (Wildman–Crippen MR) is 112 cm³/mol. The van der Waals surface area contributed by atoms with Gasteiger partial charge in [-0.2, -0.15) is 9.89 Å². The fraction of sp³-hybridized carbons (Fsp3) is 0.250. The number of amides is 1. The molecule has 0 aliphatic carbocycles. The number of pyridine rings is 1. The van der Waals surface area contributed by atoms with Crippen molar-refractivity contribution in [2.45, 2.75) is 5.57 Å². The number of hydrogen-bond acceptors (Lipinski definition) is 6. The Kier molecular flexibility index (Phi) is 5.64. The molecule has 1 aliphatic heterocycles. The smallest absolute Gasteiger partial charge is 0.420 e. The first kappa shape index (κ1) is 20.9. The first-order valence-corrected chi connectivity index (χ1v) is 9.84. The summed E-state index contributed by atoms with van der Waals surface area (Å²) in [5, 5.41) is 6.49. The van der Waals surface area contributed by atoms with Crippen LogP contribution in [0.25, 0.3) is 11.4 Å².